The Hall–Kier alpha value is -6.30. The van der Waals surface area contributed by atoms with Crippen molar-refractivity contribution in [3.63, 3.8) is 0 Å². The zero-order valence-electron chi connectivity index (χ0n) is 26.1. The van der Waals surface area contributed by atoms with Crippen LogP contribution >= 0.6 is 11.3 Å². The number of benzene rings is 7. The normalized spacial score (nSPS) is 12.1. The molecule has 0 N–H and O–H groups in total. The van der Waals surface area contributed by atoms with Gasteiger partial charge in [-0.2, -0.15) is 0 Å². The van der Waals surface area contributed by atoms with Crippen molar-refractivity contribution in [3.05, 3.63) is 152 Å². The first-order chi connectivity index (χ1) is 24.3. The molecule has 5 heteroatoms. The first-order valence-electron chi connectivity index (χ1n) is 16.4. The van der Waals surface area contributed by atoms with Gasteiger partial charge in [0.25, 0.3) is 0 Å². The Kier molecular flexibility index (Phi) is 5.51. The van der Waals surface area contributed by atoms with Crippen LogP contribution in [0, 0.1) is 0 Å². The number of aromatic nitrogens is 3. The van der Waals surface area contributed by atoms with Crippen LogP contribution < -0.4 is 0 Å². The zero-order chi connectivity index (χ0) is 32.1. The van der Waals surface area contributed by atoms with E-state index in [1.807, 2.05) is 23.5 Å². The van der Waals surface area contributed by atoms with E-state index in [4.69, 9.17) is 14.4 Å². The van der Waals surface area contributed by atoms with Crippen LogP contribution in [0.3, 0.4) is 0 Å². The summed E-state index contributed by atoms with van der Waals surface area (Å²) in [6.07, 6.45) is 0. The van der Waals surface area contributed by atoms with Gasteiger partial charge in [0.05, 0.1) is 26.9 Å². The zero-order valence-corrected chi connectivity index (χ0v) is 26.9. The van der Waals surface area contributed by atoms with Gasteiger partial charge in [0.15, 0.2) is 11.4 Å². The molecule has 0 aliphatic carbocycles. The van der Waals surface area contributed by atoms with Gasteiger partial charge in [0, 0.05) is 59.2 Å². The third kappa shape index (κ3) is 3.79. The number of furan rings is 1. The Morgan fingerprint density at radius 3 is 2.14 bits per heavy atom. The Morgan fingerprint density at radius 1 is 0.531 bits per heavy atom. The van der Waals surface area contributed by atoms with Gasteiger partial charge < -0.3 is 8.98 Å². The Morgan fingerprint density at radius 2 is 1.24 bits per heavy atom. The maximum Gasteiger partial charge on any atom is 0.160 e. The van der Waals surface area contributed by atoms with Crippen LogP contribution in [0.2, 0.25) is 0 Å². The van der Waals surface area contributed by atoms with Crippen LogP contribution in [0.15, 0.2) is 156 Å². The monoisotopic (exact) mass is 643 g/mol. The van der Waals surface area contributed by atoms with E-state index in [1.54, 1.807) is 0 Å². The second-order valence-corrected chi connectivity index (χ2v) is 13.6. The SMILES string of the molecule is c1ccc(-c2nc(-c3cccc(-n4c5ccccc5c5c6c7ccccc7oc6c6sc7ccccc7c6c54)c3)nc3ccccc23)cc1. The Bertz CT molecular complexity index is 3110. The lowest BCUT2D eigenvalue weighted by atomic mass is 10.0. The predicted molar refractivity (Wildman–Crippen MR) is 205 cm³/mol. The van der Waals surface area contributed by atoms with E-state index in [9.17, 15) is 0 Å². The van der Waals surface area contributed by atoms with Gasteiger partial charge in [-0.25, -0.2) is 9.97 Å². The number of thiophene rings is 1. The number of para-hydroxylation sites is 3. The molecule has 0 aliphatic rings. The fraction of sp³-hybridized carbons (Fsp3) is 0. The number of hydrogen-bond acceptors (Lipinski definition) is 4. The van der Waals surface area contributed by atoms with Crippen LogP contribution in [0.4, 0.5) is 0 Å². The van der Waals surface area contributed by atoms with Crippen molar-refractivity contribution in [2.24, 2.45) is 0 Å². The molecule has 0 spiro atoms. The molecular formula is C44H25N3OS. The van der Waals surface area contributed by atoms with Crippen molar-refractivity contribution in [2.45, 2.75) is 0 Å². The molecule has 11 rings (SSSR count). The first kappa shape index (κ1) is 26.7. The Labute approximate surface area is 284 Å². The molecule has 0 saturated heterocycles. The smallest absolute Gasteiger partial charge is 0.160 e. The van der Waals surface area contributed by atoms with Crippen LogP contribution in [0.1, 0.15) is 0 Å². The standard InChI is InChI=1S/C44H25N3OS/c1-2-13-26(14-3-1)40-29-17-4-8-21-33(29)45-44(46-40)27-15-12-16-28(25-27)47-34-22-9-5-18-30(34)37-38-31-19-6-10-23-35(31)48-42(38)43-39(41(37)47)32-20-7-11-24-36(32)49-43/h1-25H. The summed E-state index contributed by atoms with van der Waals surface area (Å²) < 4.78 is 11.6. The van der Waals surface area contributed by atoms with Crippen molar-refractivity contribution in [3.8, 4) is 28.3 Å². The topological polar surface area (TPSA) is 43.9 Å². The largest absolute Gasteiger partial charge is 0.455 e. The fourth-order valence-electron chi connectivity index (χ4n) is 7.70. The highest BCUT2D eigenvalue weighted by Crippen LogP contribution is 2.50. The molecule has 4 heterocycles. The molecule has 0 unspecified atom stereocenters. The van der Waals surface area contributed by atoms with Crippen LogP contribution in [-0.4, -0.2) is 14.5 Å². The highest BCUT2D eigenvalue weighted by molar-refractivity contribution is 7.26. The summed E-state index contributed by atoms with van der Waals surface area (Å²) in [5, 5.41) is 8.21. The second kappa shape index (κ2) is 10.1. The molecule has 0 aliphatic heterocycles. The van der Waals surface area contributed by atoms with Gasteiger partial charge >= 0.3 is 0 Å². The fourth-order valence-corrected chi connectivity index (χ4v) is 8.89. The molecule has 11 aromatic rings. The van der Waals surface area contributed by atoms with E-state index in [0.717, 1.165) is 55.5 Å². The summed E-state index contributed by atoms with van der Waals surface area (Å²) in [4.78, 5) is 10.3. The highest BCUT2D eigenvalue weighted by Gasteiger charge is 2.25. The number of fused-ring (bicyclic) bond motifs is 13. The quantitative estimate of drug-likeness (QED) is 0.192. The van der Waals surface area contributed by atoms with Crippen LogP contribution in [0.25, 0.3) is 103 Å². The van der Waals surface area contributed by atoms with E-state index in [1.165, 1.54) is 41.8 Å². The summed E-state index contributed by atoms with van der Waals surface area (Å²) in [6.45, 7) is 0. The third-order valence-electron chi connectivity index (χ3n) is 9.77. The van der Waals surface area contributed by atoms with E-state index >= 15 is 0 Å². The molecule has 4 aromatic heterocycles. The molecule has 4 nitrogen and oxygen atoms in total. The van der Waals surface area contributed by atoms with Gasteiger partial charge in [-0.1, -0.05) is 115 Å². The van der Waals surface area contributed by atoms with Gasteiger partial charge in [0.2, 0.25) is 0 Å². The average Bonchev–Trinajstić information content (AvgIpc) is 3.85. The lowest BCUT2D eigenvalue weighted by molar-refractivity contribution is 0.673. The summed E-state index contributed by atoms with van der Waals surface area (Å²) in [7, 11) is 0. The lowest BCUT2D eigenvalue weighted by Gasteiger charge is -2.12. The van der Waals surface area contributed by atoms with Crippen molar-refractivity contribution >= 4 is 86.2 Å². The molecule has 0 atom stereocenters. The molecular weight excluding hydrogens is 619 g/mol. The second-order valence-electron chi connectivity index (χ2n) is 12.5. The summed E-state index contributed by atoms with van der Waals surface area (Å²) in [5.41, 5.74) is 9.16. The highest BCUT2D eigenvalue weighted by atomic mass is 32.1. The minimum atomic E-state index is 0.703. The van der Waals surface area contributed by atoms with Crippen LogP contribution in [-0.2, 0) is 0 Å². The molecule has 228 valence electrons. The third-order valence-corrected chi connectivity index (χ3v) is 10.9. The van der Waals surface area contributed by atoms with Gasteiger partial charge in [-0.3, -0.25) is 0 Å². The van der Waals surface area contributed by atoms with Gasteiger partial charge in [-0.05, 0) is 36.4 Å². The van der Waals surface area contributed by atoms with Crippen LogP contribution in [0.5, 0.6) is 0 Å². The minimum Gasteiger partial charge on any atom is -0.455 e. The summed E-state index contributed by atoms with van der Waals surface area (Å²) in [5.74, 6) is 0.703. The van der Waals surface area contributed by atoms with Gasteiger partial charge in [0.1, 0.15) is 5.58 Å². The number of nitrogens with zero attached hydrogens (tertiary/aromatic N) is 3. The van der Waals surface area contributed by atoms with Crippen molar-refractivity contribution < 1.29 is 4.42 Å². The number of hydrogen-bond donors (Lipinski definition) is 0. The Balaban J connectivity index is 1.27. The van der Waals surface area contributed by atoms with Crippen molar-refractivity contribution in [2.75, 3.05) is 0 Å². The molecule has 0 amide bonds. The van der Waals surface area contributed by atoms with Crippen molar-refractivity contribution in [1.29, 1.82) is 0 Å². The van der Waals surface area contributed by atoms with Gasteiger partial charge in [-0.15, -0.1) is 11.3 Å². The summed E-state index contributed by atoms with van der Waals surface area (Å²) >= 11 is 1.81. The predicted octanol–water partition coefficient (Wildman–Crippen LogP) is 12.3. The molecule has 0 fully saturated rings. The lowest BCUT2D eigenvalue weighted by Crippen LogP contribution is -1.98. The van der Waals surface area contributed by atoms with E-state index in [2.05, 4.69) is 144 Å². The number of rotatable bonds is 3. The maximum absolute atomic E-state index is 6.71. The van der Waals surface area contributed by atoms with E-state index in [-0.39, 0.29) is 0 Å². The molecule has 0 saturated carbocycles. The molecule has 49 heavy (non-hydrogen) atoms. The van der Waals surface area contributed by atoms with E-state index < -0.39 is 0 Å². The molecule has 0 bridgehead atoms. The average molecular weight is 644 g/mol. The summed E-state index contributed by atoms with van der Waals surface area (Å²) in [6, 6.07) is 53.2. The molecule has 7 aromatic carbocycles. The molecule has 0 radical (unpaired) electrons. The van der Waals surface area contributed by atoms with E-state index in [0.29, 0.717) is 5.82 Å². The first-order valence-corrected chi connectivity index (χ1v) is 17.2. The maximum atomic E-state index is 6.71. The van der Waals surface area contributed by atoms with Crippen molar-refractivity contribution in [1.82, 2.24) is 14.5 Å². The minimum absolute atomic E-state index is 0.703.